The molecule has 1 aromatic rings. The highest BCUT2D eigenvalue weighted by Gasteiger charge is 2.50. The van der Waals surface area contributed by atoms with Crippen molar-refractivity contribution >= 4 is 11.9 Å². The third-order valence-electron chi connectivity index (χ3n) is 3.41. The van der Waals surface area contributed by atoms with Gasteiger partial charge in [-0.05, 0) is 31.4 Å². The van der Waals surface area contributed by atoms with E-state index in [1.807, 2.05) is 0 Å². The molecule has 102 valence electrons. The van der Waals surface area contributed by atoms with Crippen LogP contribution < -0.4 is 5.32 Å². The van der Waals surface area contributed by atoms with Crippen LogP contribution in [0.15, 0.2) is 12.1 Å². The van der Waals surface area contributed by atoms with Crippen LogP contribution in [0.5, 0.6) is 0 Å². The summed E-state index contributed by atoms with van der Waals surface area (Å²) in [6.45, 7) is 1.30. The number of nitrogens with one attached hydrogen (secondary N) is 1. The molecule has 1 amide bonds. The molecule has 0 atom stereocenters. The molecule has 2 N–H and O–H groups in total. The predicted molar refractivity (Wildman–Crippen MR) is 62.7 cm³/mol. The van der Waals surface area contributed by atoms with Crippen LogP contribution in [0.25, 0.3) is 0 Å². The molecule has 1 fully saturated rings. The van der Waals surface area contributed by atoms with Gasteiger partial charge in [0.15, 0.2) is 0 Å². The fraction of sp³-hybridized carbons (Fsp3) is 0.385. The zero-order valence-electron chi connectivity index (χ0n) is 10.3. The Morgan fingerprint density at radius 3 is 2.53 bits per heavy atom. The summed E-state index contributed by atoms with van der Waals surface area (Å²) in [6, 6.07) is 2.25. The second kappa shape index (κ2) is 4.60. The zero-order chi connectivity index (χ0) is 14.2. The molecule has 0 unspecified atom stereocenters. The van der Waals surface area contributed by atoms with Gasteiger partial charge in [-0.2, -0.15) is 0 Å². The smallest absolute Gasteiger partial charge is 0.311 e. The summed E-state index contributed by atoms with van der Waals surface area (Å²) in [7, 11) is 0. The number of carboxylic acid groups (broad SMARTS) is 1. The maximum Gasteiger partial charge on any atom is 0.311 e. The molecule has 0 aliphatic heterocycles. The van der Waals surface area contributed by atoms with Gasteiger partial charge in [0.2, 0.25) is 0 Å². The summed E-state index contributed by atoms with van der Waals surface area (Å²) in [5.41, 5.74) is -1.47. The molecule has 1 aliphatic rings. The number of carbonyl (C=O) groups is 2. The van der Waals surface area contributed by atoms with Crippen LogP contribution in [0.2, 0.25) is 0 Å². The third-order valence-corrected chi connectivity index (χ3v) is 3.41. The molecule has 6 heteroatoms. The standard InChI is InChI=1S/C13H13F2NO3/c1-7-2-3-8(14)9(10(7)15)11(17)16-6-13(4-5-13)12(18)19/h2-3H,4-6H2,1H3,(H,16,17)(H,18,19). The molecule has 4 nitrogen and oxygen atoms in total. The number of aliphatic carboxylic acids is 1. The number of hydrogen-bond donors (Lipinski definition) is 2. The molecule has 0 saturated heterocycles. The second-order valence-corrected chi connectivity index (χ2v) is 4.82. The number of rotatable bonds is 4. The zero-order valence-corrected chi connectivity index (χ0v) is 10.3. The van der Waals surface area contributed by atoms with Crippen LogP contribution in [0.4, 0.5) is 8.78 Å². The number of carboxylic acids is 1. The van der Waals surface area contributed by atoms with Gasteiger partial charge < -0.3 is 10.4 Å². The highest BCUT2D eigenvalue weighted by Crippen LogP contribution is 2.45. The van der Waals surface area contributed by atoms with Crippen molar-refractivity contribution in [1.29, 1.82) is 0 Å². The van der Waals surface area contributed by atoms with E-state index in [0.717, 1.165) is 6.07 Å². The normalized spacial score (nSPS) is 15.9. The fourth-order valence-corrected chi connectivity index (χ4v) is 1.82. The topological polar surface area (TPSA) is 66.4 Å². The molecule has 1 aromatic carbocycles. The maximum absolute atomic E-state index is 13.7. The number of aryl methyl sites for hydroxylation is 1. The van der Waals surface area contributed by atoms with Crippen LogP contribution in [-0.2, 0) is 4.79 Å². The first-order valence-electron chi connectivity index (χ1n) is 5.83. The Morgan fingerprint density at radius 2 is 2.00 bits per heavy atom. The van der Waals surface area contributed by atoms with E-state index < -0.39 is 34.5 Å². The lowest BCUT2D eigenvalue weighted by Crippen LogP contribution is -2.35. The minimum atomic E-state index is -1.00. The van der Waals surface area contributed by atoms with Gasteiger partial charge in [0.1, 0.15) is 17.2 Å². The van der Waals surface area contributed by atoms with Crippen LogP contribution in [0.1, 0.15) is 28.8 Å². The summed E-state index contributed by atoms with van der Waals surface area (Å²) >= 11 is 0. The first kappa shape index (κ1) is 13.5. The van der Waals surface area contributed by atoms with Crippen LogP contribution >= 0.6 is 0 Å². The molecular formula is C13H13F2NO3. The molecule has 0 bridgehead atoms. The summed E-state index contributed by atoms with van der Waals surface area (Å²) < 4.78 is 27.1. The average molecular weight is 269 g/mol. The summed E-state index contributed by atoms with van der Waals surface area (Å²) in [5.74, 6) is -3.80. The maximum atomic E-state index is 13.7. The van der Waals surface area contributed by atoms with Crippen molar-refractivity contribution in [2.45, 2.75) is 19.8 Å². The lowest BCUT2D eigenvalue weighted by Gasteiger charge is -2.12. The molecule has 19 heavy (non-hydrogen) atoms. The van der Waals surface area contributed by atoms with E-state index in [1.165, 1.54) is 13.0 Å². The Morgan fingerprint density at radius 1 is 1.37 bits per heavy atom. The molecule has 2 rings (SSSR count). The lowest BCUT2D eigenvalue weighted by atomic mass is 10.1. The number of hydrogen-bond acceptors (Lipinski definition) is 2. The van der Waals surface area contributed by atoms with Gasteiger partial charge in [-0.15, -0.1) is 0 Å². The van der Waals surface area contributed by atoms with Crippen molar-refractivity contribution in [3.05, 3.63) is 34.9 Å². The highest BCUT2D eigenvalue weighted by atomic mass is 19.1. The minimum absolute atomic E-state index is 0.117. The highest BCUT2D eigenvalue weighted by molar-refractivity contribution is 5.95. The van der Waals surface area contributed by atoms with E-state index in [2.05, 4.69) is 5.32 Å². The molecule has 0 spiro atoms. The number of amides is 1. The summed E-state index contributed by atoms with van der Waals surface area (Å²) in [6.07, 6.45) is 0.919. The molecule has 1 saturated carbocycles. The fourth-order valence-electron chi connectivity index (χ4n) is 1.82. The average Bonchev–Trinajstić information content (AvgIpc) is 3.13. The Bertz CT molecular complexity index is 553. The van der Waals surface area contributed by atoms with Gasteiger partial charge in [0.05, 0.1) is 5.41 Å². The second-order valence-electron chi connectivity index (χ2n) is 4.82. The van der Waals surface area contributed by atoms with Crippen LogP contribution in [-0.4, -0.2) is 23.5 Å². The van der Waals surface area contributed by atoms with Gasteiger partial charge in [-0.1, -0.05) is 6.07 Å². The minimum Gasteiger partial charge on any atom is -0.481 e. The monoisotopic (exact) mass is 269 g/mol. The summed E-state index contributed by atoms with van der Waals surface area (Å²) in [4.78, 5) is 22.7. The van der Waals surface area contributed by atoms with Crippen LogP contribution in [0.3, 0.4) is 0 Å². The Balaban J connectivity index is 2.13. The molecule has 0 radical (unpaired) electrons. The summed E-state index contributed by atoms with van der Waals surface area (Å²) in [5, 5.41) is 11.2. The predicted octanol–water partition coefficient (Wildman–Crippen LogP) is 1.87. The molecule has 1 aliphatic carbocycles. The van der Waals surface area contributed by atoms with Crippen molar-refractivity contribution in [2.75, 3.05) is 6.54 Å². The van der Waals surface area contributed by atoms with Crippen molar-refractivity contribution < 1.29 is 23.5 Å². The Hall–Kier alpha value is -1.98. The van der Waals surface area contributed by atoms with E-state index in [-0.39, 0.29) is 12.1 Å². The largest absolute Gasteiger partial charge is 0.481 e. The van der Waals surface area contributed by atoms with Gasteiger partial charge in [-0.25, -0.2) is 8.78 Å². The van der Waals surface area contributed by atoms with E-state index in [4.69, 9.17) is 5.11 Å². The quantitative estimate of drug-likeness (QED) is 0.876. The van der Waals surface area contributed by atoms with Gasteiger partial charge in [0, 0.05) is 6.54 Å². The van der Waals surface area contributed by atoms with Crippen molar-refractivity contribution in [3.8, 4) is 0 Å². The first-order valence-corrected chi connectivity index (χ1v) is 5.83. The van der Waals surface area contributed by atoms with Crippen molar-refractivity contribution in [3.63, 3.8) is 0 Å². The molecule has 0 heterocycles. The van der Waals surface area contributed by atoms with Crippen molar-refractivity contribution in [1.82, 2.24) is 5.32 Å². The number of halogens is 2. The van der Waals surface area contributed by atoms with Crippen molar-refractivity contribution in [2.24, 2.45) is 5.41 Å². The lowest BCUT2D eigenvalue weighted by molar-refractivity contribution is -0.143. The first-order chi connectivity index (χ1) is 8.87. The molecular weight excluding hydrogens is 256 g/mol. The third kappa shape index (κ3) is 2.43. The van der Waals surface area contributed by atoms with Gasteiger partial charge in [-0.3, -0.25) is 9.59 Å². The Kier molecular flexibility index (Phi) is 3.26. The van der Waals surface area contributed by atoms with Gasteiger partial charge >= 0.3 is 5.97 Å². The van der Waals surface area contributed by atoms with E-state index >= 15 is 0 Å². The Labute approximate surface area is 108 Å². The SMILES string of the molecule is Cc1ccc(F)c(C(=O)NCC2(C(=O)O)CC2)c1F. The molecule has 0 aromatic heterocycles. The van der Waals surface area contributed by atoms with E-state index in [0.29, 0.717) is 12.8 Å². The van der Waals surface area contributed by atoms with Gasteiger partial charge in [0.25, 0.3) is 5.91 Å². The van der Waals surface area contributed by atoms with Crippen LogP contribution in [0, 0.1) is 24.0 Å². The van der Waals surface area contributed by atoms with E-state index in [1.54, 1.807) is 0 Å². The number of benzene rings is 1. The number of carbonyl (C=O) groups excluding carboxylic acids is 1. The van der Waals surface area contributed by atoms with E-state index in [9.17, 15) is 18.4 Å².